The number of aliphatic carboxylic acids is 1. The number of imide groups is 1. The molecule has 0 spiro atoms. The lowest BCUT2D eigenvalue weighted by Gasteiger charge is -2.08. The number of carboxylic acids is 1. The number of carbonyl (C=O) groups is 3. The zero-order valence-electron chi connectivity index (χ0n) is 9.57. The standard InChI is InChI=1S/C11H10Br2N2O4/c12-6-1-2-8(7(13)5-6)14-11(19)15-9(16)3-4-10(17)18/h1-2,5H,3-4H2,(H,17,18)(H2,14,15,16,19). The summed E-state index contributed by atoms with van der Waals surface area (Å²) in [4.78, 5) is 33.0. The van der Waals surface area contributed by atoms with Crippen LogP contribution in [0, 0.1) is 0 Å². The molecule has 0 aliphatic carbocycles. The van der Waals surface area contributed by atoms with Crippen LogP contribution in [0.5, 0.6) is 0 Å². The number of benzene rings is 1. The van der Waals surface area contributed by atoms with E-state index in [2.05, 4.69) is 37.2 Å². The Bertz CT molecular complexity index is 519. The van der Waals surface area contributed by atoms with Gasteiger partial charge in [-0.1, -0.05) is 15.9 Å². The normalized spacial score (nSPS) is 9.79. The summed E-state index contributed by atoms with van der Waals surface area (Å²) in [5, 5.41) is 12.9. The van der Waals surface area contributed by atoms with Crippen LogP contribution < -0.4 is 10.6 Å². The van der Waals surface area contributed by atoms with Crippen molar-refractivity contribution in [1.29, 1.82) is 0 Å². The summed E-state index contributed by atoms with van der Waals surface area (Å²) in [6.45, 7) is 0. The SMILES string of the molecule is O=C(O)CCC(=O)NC(=O)Nc1ccc(Br)cc1Br. The number of anilines is 1. The topological polar surface area (TPSA) is 95.5 Å². The number of amides is 3. The summed E-state index contributed by atoms with van der Waals surface area (Å²) in [5.41, 5.74) is 0.492. The van der Waals surface area contributed by atoms with Crippen LogP contribution in [0.3, 0.4) is 0 Å². The van der Waals surface area contributed by atoms with E-state index in [0.29, 0.717) is 10.2 Å². The average Bonchev–Trinajstić information content (AvgIpc) is 2.30. The Balaban J connectivity index is 2.51. The molecule has 0 aliphatic rings. The maximum atomic E-state index is 11.5. The fourth-order valence-electron chi connectivity index (χ4n) is 1.15. The molecule has 0 bridgehead atoms. The minimum Gasteiger partial charge on any atom is -0.481 e. The third-order valence-corrected chi connectivity index (χ3v) is 3.15. The van der Waals surface area contributed by atoms with Gasteiger partial charge in [-0.15, -0.1) is 0 Å². The van der Waals surface area contributed by atoms with Crippen molar-refractivity contribution in [1.82, 2.24) is 5.32 Å². The van der Waals surface area contributed by atoms with Gasteiger partial charge in [0.05, 0.1) is 12.1 Å². The zero-order valence-corrected chi connectivity index (χ0v) is 12.7. The quantitative estimate of drug-likeness (QED) is 0.732. The van der Waals surface area contributed by atoms with Gasteiger partial charge < -0.3 is 10.4 Å². The van der Waals surface area contributed by atoms with E-state index < -0.39 is 17.9 Å². The number of carbonyl (C=O) groups excluding carboxylic acids is 2. The van der Waals surface area contributed by atoms with E-state index in [4.69, 9.17) is 5.11 Å². The lowest BCUT2D eigenvalue weighted by Crippen LogP contribution is -2.34. The Labute approximate surface area is 125 Å². The molecule has 0 saturated heterocycles. The van der Waals surface area contributed by atoms with E-state index in [9.17, 15) is 14.4 Å². The van der Waals surface area contributed by atoms with Crippen molar-refractivity contribution in [2.75, 3.05) is 5.32 Å². The smallest absolute Gasteiger partial charge is 0.325 e. The molecule has 0 fully saturated rings. The predicted octanol–water partition coefficient (Wildman–Crippen LogP) is 2.72. The van der Waals surface area contributed by atoms with Gasteiger partial charge in [0.15, 0.2) is 0 Å². The van der Waals surface area contributed by atoms with Gasteiger partial charge in [0, 0.05) is 15.4 Å². The highest BCUT2D eigenvalue weighted by Gasteiger charge is 2.11. The molecule has 19 heavy (non-hydrogen) atoms. The second kappa shape index (κ2) is 7.25. The molecular formula is C11H10Br2N2O4. The maximum absolute atomic E-state index is 11.5. The van der Waals surface area contributed by atoms with E-state index in [0.717, 1.165) is 4.47 Å². The third kappa shape index (κ3) is 5.84. The van der Waals surface area contributed by atoms with E-state index in [1.807, 2.05) is 5.32 Å². The number of rotatable bonds is 4. The van der Waals surface area contributed by atoms with Gasteiger partial charge in [-0.25, -0.2) is 4.79 Å². The van der Waals surface area contributed by atoms with Gasteiger partial charge in [-0.2, -0.15) is 0 Å². The first kappa shape index (κ1) is 15.6. The maximum Gasteiger partial charge on any atom is 0.325 e. The molecule has 0 atom stereocenters. The van der Waals surface area contributed by atoms with Crippen LogP contribution in [0.25, 0.3) is 0 Å². The molecule has 0 aliphatic heterocycles. The van der Waals surface area contributed by atoms with Gasteiger partial charge in [0.25, 0.3) is 0 Å². The molecule has 3 amide bonds. The van der Waals surface area contributed by atoms with Crippen LogP contribution in [0.4, 0.5) is 10.5 Å². The highest BCUT2D eigenvalue weighted by atomic mass is 79.9. The Morgan fingerprint density at radius 1 is 1.16 bits per heavy atom. The van der Waals surface area contributed by atoms with Crippen LogP contribution in [0.1, 0.15) is 12.8 Å². The molecule has 3 N–H and O–H groups in total. The van der Waals surface area contributed by atoms with E-state index in [-0.39, 0.29) is 12.8 Å². The van der Waals surface area contributed by atoms with Gasteiger partial charge in [0.1, 0.15) is 0 Å². The van der Waals surface area contributed by atoms with Crippen molar-refractivity contribution in [3.05, 3.63) is 27.1 Å². The second-order valence-corrected chi connectivity index (χ2v) is 5.29. The van der Waals surface area contributed by atoms with Crippen LogP contribution >= 0.6 is 31.9 Å². The molecule has 1 aromatic carbocycles. The van der Waals surface area contributed by atoms with Crippen molar-refractivity contribution in [3.8, 4) is 0 Å². The highest BCUT2D eigenvalue weighted by molar-refractivity contribution is 9.11. The Kier molecular flexibility index (Phi) is 5.97. The largest absolute Gasteiger partial charge is 0.481 e. The van der Waals surface area contributed by atoms with Crippen molar-refractivity contribution in [2.24, 2.45) is 0 Å². The predicted molar refractivity (Wildman–Crippen MR) is 75.9 cm³/mol. The average molecular weight is 394 g/mol. The van der Waals surface area contributed by atoms with Crippen molar-refractivity contribution >= 4 is 55.5 Å². The minimum atomic E-state index is -1.09. The molecule has 0 aromatic heterocycles. The Morgan fingerprint density at radius 3 is 2.42 bits per heavy atom. The van der Waals surface area contributed by atoms with E-state index in [1.54, 1.807) is 18.2 Å². The Hall–Kier alpha value is -1.41. The fourth-order valence-corrected chi connectivity index (χ4v) is 2.30. The number of hydrogen-bond acceptors (Lipinski definition) is 3. The minimum absolute atomic E-state index is 0.246. The molecule has 0 radical (unpaired) electrons. The Morgan fingerprint density at radius 2 is 1.84 bits per heavy atom. The fraction of sp³-hybridized carbons (Fsp3) is 0.182. The second-order valence-electron chi connectivity index (χ2n) is 3.52. The molecule has 0 unspecified atom stereocenters. The number of carboxylic acid groups (broad SMARTS) is 1. The summed E-state index contributed by atoms with van der Waals surface area (Å²) in [6, 6.07) is 4.41. The number of hydrogen-bond donors (Lipinski definition) is 3. The monoisotopic (exact) mass is 392 g/mol. The van der Waals surface area contributed by atoms with Crippen LogP contribution in [-0.4, -0.2) is 23.0 Å². The molecular weight excluding hydrogens is 384 g/mol. The summed E-state index contributed by atoms with van der Waals surface area (Å²) < 4.78 is 1.48. The molecule has 6 nitrogen and oxygen atoms in total. The van der Waals surface area contributed by atoms with Gasteiger partial charge in [-0.3, -0.25) is 14.9 Å². The first-order chi connectivity index (χ1) is 8.88. The summed E-state index contributed by atoms with van der Waals surface area (Å²) >= 11 is 6.53. The van der Waals surface area contributed by atoms with Gasteiger partial charge >= 0.3 is 12.0 Å². The van der Waals surface area contributed by atoms with Crippen LogP contribution in [0.2, 0.25) is 0 Å². The van der Waals surface area contributed by atoms with E-state index in [1.165, 1.54) is 0 Å². The number of urea groups is 1. The van der Waals surface area contributed by atoms with Gasteiger partial charge in [-0.05, 0) is 34.1 Å². The summed E-state index contributed by atoms with van der Waals surface area (Å²) in [5.74, 6) is -1.74. The lowest BCUT2D eigenvalue weighted by molar-refractivity contribution is -0.138. The summed E-state index contributed by atoms with van der Waals surface area (Å²) in [6.07, 6.45) is -0.564. The molecule has 0 heterocycles. The van der Waals surface area contributed by atoms with Crippen LogP contribution in [-0.2, 0) is 9.59 Å². The molecule has 0 saturated carbocycles. The molecule has 8 heteroatoms. The lowest BCUT2D eigenvalue weighted by atomic mass is 10.3. The highest BCUT2D eigenvalue weighted by Crippen LogP contribution is 2.25. The van der Waals surface area contributed by atoms with Crippen molar-refractivity contribution in [3.63, 3.8) is 0 Å². The van der Waals surface area contributed by atoms with E-state index >= 15 is 0 Å². The summed E-state index contributed by atoms with van der Waals surface area (Å²) in [7, 11) is 0. The first-order valence-corrected chi connectivity index (χ1v) is 6.75. The van der Waals surface area contributed by atoms with Crippen molar-refractivity contribution < 1.29 is 19.5 Å². The molecule has 102 valence electrons. The number of nitrogens with one attached hydrogen (secondary N) is 2. The molecule has 1 aromatic rings. The van der Waals surface area contributed by atoms with Crippen molar-refractivity contribution in [2.45, 2.75) is 12.8 Å². The first-order valence-electron chi connectivity index (χ1n) is 5.16. The zero-order chi connectivity index (χ0) is 14.4. The number of halogens is 2. The third-order valence-electron chi connectivity index (χ3n) is 2.00. The molecule has 1 rings (SSSR count). The van der Waals surface area contributed by atoms with Gasteiger partial charge in [0.2, 0.25) is 5.91 Å². The van der Waals surface area contributed by atoms with Crippen LogP contribution in [0.15, 0.2) is 27.1 Å².